The van der Waals surface area contributed by atoms with Crippen LogP contribution in [0.5, 0.6) is 0 Å². The van der Waals surface area contributed by atoms with Crippen molar-refractivity contribution in [1.29, 1.82) is 0 Å². The molecule has 0 aromatic rings. The van der Waals surface area contributed by atoms with Crippen LogP contribution in [-0.4, -0.2) is 42.9 Å². The minimum absolute atomic E-state index is 0.0836. The van der Waals surface area contributed by atoms with Crippen molar-refractivity contribution in [3.8, 4) is 0 Å². The van der Waals surface area contributed by atoms with Crippen molar-refractivity contribution >= 4 is 21.7 Å². The molecule has 0 radical (unpaired) electrons. The predicted molar refractivity (Wildman–Crippen MR) is 65.9 cm³/mol. The van der Waals surface area contributed by atoms with Gasteiger partial charge in [-0.1, -0.05) is 0 Å². The molecule has 7 heteroatoms. The summed E-state index contributed by atoms with van der Waals surface area (Å²) in [5.41, 5.74) is -1.11. The number of nitrogens with one attached hydrogen (secondary N) is 1. The quantitative estimate of drug-likeness (QED) is 0.763. The minimum atomic E-state index is -2.95. The first kappa shape index (κ1) is 14.9. The van der Waals surface area contributed by atoms with E-state index in [9.17, 15) is 18.0 Å². The fourth-order valence-corrected chi connectivity index (χ4v) is 3.28. The molecule has 0 spiro atoms. The molecule has 0 atom stereocenters. The van der Waals surface area contributed by atoms with E-state index in [2.05, 4.69) is 5.32 Å². The first-order valence-electron chi connectivity index (χ1n) is 5.85. The summed E-state index contributed by atoms with van der Waals surface area (Å²) in [6.07, 6.45) is 0.703. The van der Waals surface area contributed by atoms with Gasteiger partial charge in [-0.25, -0.2) is 8.42 Å². The number of carbonyl (C=O) groups excluding carboxylic acids is 1. The molecule has 2 N–H and O–H groups in total. The van der Waals surface area contributed by atoms with E-state index in [1.807, 2.05) is 0 Å². The zero-order chi connectivity index (χ0) is 14.0. The molecule has 1 saturated heterocycles. The zero-order valence-corrected chi connectivity index (χ0v) is 11.4. The molecule has 0 saturated carbocycles. The molecular formula is C11H19NO5S. The lowest BCUT2D eigenvalue weighted by Crippen LogP contribution is -2.43. The summed E-state index contributed by atoms with van der Waals surface area (Å²) in [6.45, 7) is 2.97. The second-order valence-electron chi connectivity index (χ2n) is 5.36. The van der Waals surface area contributed by atoms with Crippen LogP contribution in [0.1, 0.15) is 33.1 Å². The molecule has 0 aromatic heterocycles. The smallest absolute Gasteiger partial charge is 0.309 e. The number of sulfone groups is 1. The molecule has 1 amide bonds. The van der Waals surface area contributed by atoms with Crippen LogP contribution in [0, 0.1) is 5.41 Å². The Hall–Kier alpha value is -1.11. The van der Waals surface area contributed by atoms with Crippen LogP contribution in [0.4, 0.5) is 0 Å². The Bertz CT molecular complexity index is 426. The summed E-state index contributed by atoms with van der Waals surface area (Å²) < 4.78 is 22.4. The highest BCUT2D eigenvalue weighted by atomic mass is 32.2. The Labute approximate surface area is 107 Å². The number of carbonyl (C=O) groups is 2. The summed E-state index contributed by atoms with van der Waals surface area (Å²) in [6, 6.07) is -0.161. The number of carboxylic acid groups (broad SMARTS) is 1. The van der Waals surface area contributed by atoms with Crippen LogP contribution >= 0.6 is 0 Å². The van der Waals surface area contributed by atoms with Crippen molar-refractivity contribution in [1.82, 2.24) is 5.32 Å². The summed E-state index contributed by atoms with van der Waals surface area (Å²) in [5, 5.41) is 11.6. The summed E-state index contributed by atoms with van der Waals surface area (Å²) >= 11 is 0. The van der Waals surface area contributed by atoms with Crippen molar-refractivity contribution < 1.29 is 23.1 Å². The van der Waals surface area contributed by atoms with E-state index >= 15 is 0 Å². The molecular weight excluding hydrogens is 258 g/mol. The largest absolute Gasteiger partial charge is 0.481 e. The van der Waals surface area contributed by atoms with Crippen LogP contribution in [0.2, 0.25) is 0 Å². The van der Waals surface area contributed by atoms with Gasteiger partial charge < -0.3 is 10.4 Å². The highest BCUT2D eigenvalue weighted by molar-refractivity contribution is 7.91. The van der Waals surface area contributed by atoms with Crippen LogP contribution < -0.4 is 5.32 Å². The Balaban J connectivity index is 2.45. The van der Waals surface area contributed by atoms with Gasteiger partial charge >= 0.3 is 5.97 Å². The zero-order valence-electron chi connectivity index (χ0n) is 10.6. The van der Waals surface area contributed by atoms with Crippen molar-refractivity contribution in [2.24, 2.45) is 5.41 Å². The second kappa shape index (κ2) is 5.26. The maximum Gasteiger partial charge on any atom is 0.309 e. The van der Waals surface area contributed by atoms with Crippen LogP contribution in [-0.2, 0) is 19.4 Å². The monoisotopic (exact) mass is 277 g/mol. The van der Waals surface area contributed by atoms with Gasteiger partial charge in [0.05, 0.1) is 16.9 Å². The SMILES string of the molecule is CC(C)(CC(=O)NC1CCS(=O)(=O)CC1)C(=O)O. The van der Waals surface area contributed by atoms with E-state index in [0.717, 1.165) is 0 Å². The molecule has 1 rings (SSSR count). The third-order valence-corrected chi connectivity index (χ3v) is 4.82. The lowest BCUT2D eigenvalue weighted by atomic mass is 9.89. The van der Waals surface area contributed by atoms with Gasteiger partial charge in [-0.3, -0.25) is 9.59 Å². The molecule has 1 fully saturated rings. The van der Waals surface area contributed by atoms with E-state index in [4.69, 9.17) is 5.11 Å². The average Bonchev–Trinajstić information content (AvgIpc) is 2.20. The predicted octanol–water partition coefficient (Wildman–Crippen LogP) is 0.181. The molecule has 104 valence electrons. The van der Waals surface area contributed by atoms with Gasteiger partial charge in [0.25, 0.3) is 0 Å². The van der Waals surface area contributed by atoms with Gasteiger partial charge in [-0.2, -0.15) is 0 Å². The Morgan fingerprint density at radius 1 is 1.28 bits per heavy atom. The molecule has 1 aliphatic rings. The summed E-state index contributed by atoms with van der Waals surface area (Å²) in [5.74, 6) is -1.20. The molecule has 1 heterocycles. The fraction of sp³-hybridized carbons (Fsp3) is 0.818. The van der Waals surface area contributed by atoms with Crippen molar-refractivity contribution in [3.63, 3.8) is 0 Å². The topological polar surface area (TPSA) is 101 Å². The number of rotatable bonds is 4. The molecule has 0 aliphatic carbocycles. The van der Waals surface area contributed by atoms with Gasteiger partial charge in [0.2, 0.25) is 5.91 Å². The normalized spacial score (nSPS) is 20.3. The second-order valence-corrected chi connectivity index (χ2v) is 7.66. The van der Waals surface area contributed by atoms with E-state index in [1.165, 1.54) is 13.8 Å². The number of hydrogen-bond acceptors (Lipinski definition) is 4. The van der Waals surface area contributed by atoms with Crippen molar-refractivity contribution in [2.45, 2.75) is 39.2 Å². The van der Waals surface area contributed by atoms with Crippen LogP contribution in [0.15, 0.2) is 0 Å². The first-order valence-corrected chi connectivity index (χ1v) is 7.68. The molecule has 0 aromatic carbocycles. The molecule has 0 bridgehead atoms. The lowest BCUT2D eigenvalue weighted by Gasteiger charge is -2.25. The van der Waals surface area contributed by atoms with Gasteiger partial charge in [-0.15, -0.1) is 0 Å². The highest BCUT2D eigenvalue weighted by Gasteiger charge is 2.31. The Kier molecular flexibility index (Phi) is 4.37. The van der Waals surface area contributed by atoms with Gasteiger partial charge in [0.1, 0.15) is 9.84 Å². The van der Waals surface area contributed by atoms with E-state index in [-0.39, 0.29) is 29.9 Å². The molecule has 1 aliphatic heterocycles. The van der Waals surface area contributed by atoms with Gasteiger partial charge in [-0.05, 0) is 26.7 Å². The maximum absolute atomic E-state index is 11.7. The molecule has 0 unspecified atom stereocenters. The van der Waals surface area contributed by atoms with Gasteiger partial charge in [0, 0.05) is 12.5 Å². The number of hydrogen-bond donors (Lipinski definition) is 2. The van der Waals surface area contributed by atoms with Gasteiger partial charge in [0.15, 0.2) is 0 Å². The fourth-order valence-electron chi connectivity index (χ4n) is 1.79. The maximum atomic E-state index is 11.7. The third-order valence-electron chi connectivity index (χ3n) is 3.10. The number of amides is 1. The highest BCUT2D eigenvalue weighted by Crippen LogP contribution is 2.21. The minimum Gasteiger partial charge on any atom is -0.481 e. The number of aliphatic carboxylic acids is 1. The van der Waals surface area contributed by atoms with Crippen molar-refractivity contribution in [3.05, 3.63) is 0 Å². The van der Waals surface area contributed by atoms with Crippen LogP contribution in [0.3, 0.4) is 0 Å². The van der Waals surface area contributed by atoms with E-state index in [1.54, 1.807) is 0 Å². The molecule has 6 nitrogen and oxygen atoms in total. The van der Waals surface area contributed by atoms with E-state index in [0.29, 0.717) is 12.8 Å². The first-order chi connectivity index (χ1) is 8.12. The van der Waals surface area contributed by atoms with Crippen LogP contribution in [0.25, 0.3) is 0 Å². The lowest BCUT2D eigenvalue weighted by molar-refractivity contribution is -0.149. The summed E-state index contributed by atoms with van der Waals surface area (Å²) in [4.78, 5) is 22.5. The molecule has 18 heavy (non-hydrogen) atoms. The Morgan fingerprint density at radius 3 is 2.22 bits per heavy atom. The number of carboxylic acids is 1. The van der Waals surface area contributed by atoms with Crippen molar-refractivity contribution in [2.75, 3.05) is 11.5 Å². The summed E-state index contributed by atoms with van der Waals surface area (Å²) in [7, 11) is -2.95. The standard InChI is InChI=1S/C11H19NO5S/c1-11(2,10(14)15)7-9(13)12-8-3-5-18(16,17)6-4-8/h8H,3-7H2,1-2H3,(H,12,13)(H,14,15). The Morgan fingerprint density at radius 2 is 1.78 bits per heavy atom. The third kappa shape index (κ3) is 4.29. The average molecular weight is 277 g/mol. The van der Waals surface area contributed by atoms with E-state index < -0.39 is 21.2 Å².